The summed E-state index contributed by atoms with van der Waals surface area (Å²) in [5, 5.41) is 0. The molecule has 18 heavy (non-hydrogen) atoms. The van der Waals surface area contributed by atoms with Gasteiger partial charge in [-0.05, 0) is 23.3 Å². The van der Waals surface area contributed by atoms with E-state index in [-0.39, 0.29) is 0 Å². The molecular weight excluding hydrogens is 241 g/mol. The van der Waals surface area contributed by atoms with Crippen LogP contribution in [-0.2, 0) is 12.6 Å². The van der Waals surface area contributed by atoms with Crippen molar-refractivity contribution < 1.29 is 13.2 Å². The summed E-state index contributed by atoms with van der Waals surface area (Å²) < 4.78 is 37.6. The topological polar surface area (TPSA) is 38.9 Å². The third-order valence-corrected chi connectivity index (χ3v) is 2.57. The van der Waals surface area contributed by atoms with E-state index in [1.54, 1.807) is 24.4 Å². The van der Waals surface area contributed by atoms with Crippen molar-refractivity contribution in [3.05, 3.63) is 59.3 Å². The molecule has 1 aromatic carbocycles. The fraction of sp³-hybridized carbons (Fsp3) is 0.154. The number of pyridine rings is 1. The highest BCUT2D eigenvalue weighted by molar-refractivity contribution is 5.42. The zero-order chi connectivity index (χ0) is 13.2. The fourth-order valence-corrected chi connectivity index (χ4v) is 1.68. The van der Waals surface area contributed by atoms with Crippen LogP contribution in [0.1, 0.15) is 16.7 Å². The van der Waals surface area contributed by atoms with E-state index in [9.17, 15) is 13.2 Å². The van der Waals surface area contributed by atoms with Gasteiger partial charge in [-0.3, -0.25) is 0 Å². The van der Waals surface area contributed by atoms with Gasteiger partial charge in [0.05, 0.1) is 5.56 Å². The average Bonchev–Trinajstić information content (AvgIpc) is 2.31. The number of nitrogens with zero attached hydrogens (tertiary/aromatic N) is 1. The summed E-state index contributed by atoms with van der Waals surface area (Å²) in [5.41, 5.74) is 6.29. The molecule has 0 amide bonds. The second-order valence-corrected chi connectivity index (χ2v) is 3.92. The first-order valence-electron chi connectivity index (χ1n) is 5.32. The minimum Gasteiger partial charge on any atom is -0.383 e. The van der Waals surface area contributed by atoms with Crippen molar-refractivity contribution in [1.29, 1.82) is 0 Å². The highest BCUT2D eigenvalue weighted by Gasteiger charge is 2.30. The van der Waals surface area contributed by atoms with Gasteiger partial charge in [-0.2, -0.15) is 13.2 Å². The van der Waals surface area contributed by atoms with Crippen molar-refractivity contribution in [2.45, 2.75) is 12.6 Å². The number of nitrogen functional groups attached to an aromatic ring is 1. The Labute approximate surface area is 102 Å². The molecule has 0 bridgehead atoms. The van der Waals surface area contributed by atoms with E-state index in [0.29, 0.717) is 17.8 Å². The molecule has 0 saturated heterocycles. The first kappa shape index (κ1) is 12.4. The normalized spacial score (nSPS) is 11.5. The van der Waals surface area contributed by atoms with Gasteiger partial charge in [-0.25, -0.2) is 4.98 Å². The van der Waals surface area contributed by atoms with Gasteiger partial charge >= 0.3 is 6.18 Å². The molecule has 2 aromatic rings. The van der Waals surface area contributed by atoms with Crippen LogP contribution in [0.4, 0.5) is 19.0 Å². The van der Waals surface area contributed by atoms with Gasteiger partial charge in [0.1, 0.15) is 5.82 Å². The molecule has 2 rings (SSSR count). The molecule has 0 aliphatic carbocycles. The predicted molar refractivity (Wildman–Crippen MR) is 62.9 cm³/mol. The molecule has 0 saturated carbocycles. The molecule has 0 radical (unpaired) electrons. The zero-order valence-corrected chi connectivity index (χ0v) is 9.41. The Hall–Kier alpha value is -2.04. The highest BCUT2D eigenvalue weighted by Crippen LogP contribution is 2.30. The summed E-state index contributed by atoms with van der Waals surface area (Å²) in [6, 6.07) is 8.68. The second kappa shape index (κ2) is 4.68. The van der Waals surface area contributed by atoms with E-state index in [1.807, 2.05) is 0 Å². The molecule has 2 N–H and O–H groups in total. The molecule has 1 aromatic heterocycles. The molecule has 0 spiro atoms. The number of benzene rings is 1. The summed E-state index contributed by atoms with van der Waals surface area (Å²) in [7, 11) is 0. The van der Waals surface area contributed by atoms with Crippen LogP contribution in [-0.4, -0.2) is 4.98 Å². The number of aromatic nitrogens is 1. The fourth-order valence-electron chi connectivity index (χ4n) is 1.68. The number of anilines is 1. The van der Waals surface area contributed by atoms with Crippen molar-refractivity contribution in [3.8, 4) is 0 Å². The number of alkyl halides is 3. The Morgan fingerprint density at radius 2 is 1.89 bits per heavy atom. The molecule has 94 valence electrons. The number of halogens is 3. The molecule has 0 aliphatic rings. The van der Waals surface area contributed by atoms with Crippen LogP contribution in [0.3, 0.4) is 0 Å². The third-order valence-electron chi connectivity index (χ3n) is 2.57. The maximum absolute atomic E-state index is 12.5. The highest BCUT2D eigenvalue weighted by atomic mass is 19.4. The quantitative estimate of drug-likeness (QED) is 0.890. The number of rotatable bonds is 2. The van der Waals surface area contributed by atoms with Crippen molar-refractivity contribution in [2.24, 2.45) is 0 Å². The third kappa shape index (κ3) is 2.80. The molecular formula is C13H11F3N2. The summed E-state index contributed by atoms with van der Waals surface area (Å²) >= 11 is 0. The average molecular weight is 252 g/mol. The van der Waals surface area contributed by atoms with Gasteiger partial charge < -0.3 is 5.73 Å². The first-order valence-corrected chi connectivity index (χ1v) is 5.32. The van der Waals surface area contributed by atoms with E-state index in [4.69, 9.17) is 5.73 Å². The predicted octanol–water partition coefficient (Wildman–Crippen LogP) is 3.27. The standard InChI is InChI=1S/C13H11F3N2/c14-13(15,16)11-5-1-3-9(8-11)7-10-4-2-6-18-12(10)17/h1-6,8H,7H2,(H2,17,18). The Kier molecular flexibility index (Phi) is 3.23. The van der Waals surface area contributed by atoms with Gasteiger partial charge in [0.2, 0.25) is 0 Å². The minimum atomic E-state index is -4.32. The Morgan fingerprint density at radius 1 is 1.11 bits per heavy atom. The zero-order valence-electron chi connectivity index (χ0n) is 9.41. The maximum atomic E-state index is 12.5. The van der Waals surface area contributed by atoms with Gasteiger partial charge in [0.25, 0.3) is 0 Å². The second-order valence-electron chi connectivity index (χ2n) is 3.92. The number of nitrogens with two attached hydrogens (primary N) is 1. The van der Waals surface area contributed by atoms with Gasteiger partial charge in [0.15, 0.2) is 0 Å². The molecule has 1 heterocycles. The lowest BCUT2D eigenvalue weighted by Gasteiger charge is -2.09. The van der Waals surface area contributed by atoms with Crippen LogP contribution in [0.2, 0.25) is 0 Å². The van der Waals surface area contributed by atoms with E-state index in [1.165, 1.54) is 6.07 Å². The van der Waals surface area contributed by atoms with E-state index >= 15 is 0 Å². The lowest BCUT2D eigenvalue weighted by atomic mass is 10.0. The first-order chi connectivity index (χ1) is 8.47. The molecule has 0 fully saturated rings. The lowest BCUT2D eigenvalue weighted by molar-refractivity contribution is -0.137. The van der Waals surface area contributed by atoms with Crippen LogP contribution in [0.25, 0.3) is 0 Å². The van der Waals surface area contributed by atoms with E-state index in [0.717, 1.165) is 17.7 Å². The van der Waals surface area contributed by atoms with Crippen molar-refractivity contribution in [2.75, 3.05) is 5.73 Å². The van der Waals surface area contributed by atoms with Crippen LogP contribution < -0.4 is 5.73 Å². The Morgan fingerprint density at radius 3 is 2.56 bits per heavy atom. The Balaban J connectivity index is 2.28. The van der Waals surface area contributed by atoms with Crippen molar-refractivity contribution in [1.82, 2.24) is 4.98 Å². The molecule has 0 aliphatic heterocycles. The van der Waals surface area contributed by atoms with Crippen LogP contribution in [0, 0.1) is 0 Å². The SMILES string of the molecule is Nc1ncccc1Cc1cccc(C(F)(F)F)c1. The van der Waals surface area contributed by atoms with Crippen molar-refractivity contribution in [3.63, 3.8) is 0 Å². The largest absolute Gasteiger partial charge is 0.416 e. The molecule has 5 heteroatoms. The van der Waals surface area contributed by atoms with Crippen molar-refractivity contribution >= 4 is 5.82 Å². The number of hydrogen-bond donors (Lipinski definition) is 1. The summed E-state index contributed by atoms with van der Waals surface area (Å²) in [6.45, 7) is 0. The van der Waals surface area contributed by atoms with Gasteiger partial charge in [-0.1, -0.05) is 24.3 Å². The summed E-state index contributed by atoms with van der Waals surface area (Å²) in [5.74, 6) is 0.343. The van der Waals surface area contributed by atoms with Crippen LogP contribution in [0.5, 0.6) is 0 Å². The van der Waals surface area contributed by atoms with E-state index in [2.05, 4.69) is 4.98 Å². The lowest BCUT2D eigenvalue weighted by Crippen LogP contribution is -2.05. The summed E-state index contributed by atoms with van der Waals surface area (Å²) in [6.07, 6.45) is -2.44. The van der Waals surface area contributed by atoms with Gasteiger partial charge in [0, 0.05) is 12.6 Å². The molecule has 2 nitrogen and oxygen atoms in total. The Bertz CT molecular complexity index is 550. The summed E-state index contributed by atoms with van der Waals surface area (Å²) in [4.78, 5) is 3.90. The monoisotopic (exact) mass is 252 g/mol. The number of hydrogen-bond acceptors (Lipinski definition) is 2. The van der Waals surface area contributed by atoms with E-state index < -0.39 is 11.7 Å². The van der Waals surface area contributed by atoms with Gasteiger partial charge in [-0.15, -0.1) is 0 Å². The maximum Gasteiger partial charge on any atom is 0.416 e. The minimum absolute atomic E-state index is 0.337. The smallest absolute Gasteiger partial charge is 0.383 e. The van der Waals surface area contributed by atoms with Crippen LogP contribution in [0.15, 0.2) is 42.6 Å². The molecule has 0 unspecified atom stereocenters. The van der Waals surface area contributed by atoms with Crippen LogP contribution >= 0.6 is 0 Å². The molecule has 0 atom stereocenters.